The first kappa shape index (κ1) is 31.1. The maximum Gasteiger partial charge on any atom is 0.161 e. The van der Waals surface area contributed by atoms with Gasteiger partial charge in [0.2, 0.25) is 0 Å². The summed E-state index contributed by atoms with van der Waals surface area (Å²) in [5.74, 6) is 0.718. The predicted octanol–water partition coefficient (Wildman–Crippen LogP) is 13.4. The van der Waals surface area contributed by atoms with Crippen molar-refractivity contribution in [3.63, 3.8) is 0 Å². The number of hydrogen-bond acceptors (Lipinski definition) is 2. The van der Waals surface area contributed by atoms with Gasteiger partial charge in [-0.3, -0.25) is 0 Å². The normalized spacial score (nSPS) is 12.9. The molecule has 0 atom stereocenters. The van der Waals surface area contributed by atoms with Crippen molar-refractivity contribution in [1.29, 1.82) is 0 Å². The van der Waals surface area contributed by atoms with E-state index in [1.165, 1.54) is 60.7 Å². The van der Waals surface area contributed by atoms with E-state index in [0.717, 1.165) is 39.3 Å². The van der Waals surface area contributed by atoms with E-state index in [-0.39, 0.29) is 5.41 Å². The molecule has 0 bridgehead atoms. The van der Waals surface area contributed by atoms with Gasteiger partial charge in [-0.25, -0.2) is 9.97 Å². The fourth-order valence-corrected chi connectivity index (χ4v) is 8.57. The van der Waals surface area contributed by atoms with Gasteiger partial charge in [0.15, 0.2) is 5.82 Å². The molecule has 0 radical (unpaired) electrons. The molecule has 0 aliphatic heterocycles. The smallest absolute Gasteiger partial charge is 0.161 e. The molecule has 9 aromatic rings. The molecule has 0 saturated heterocycles. The Morgan fingerprint density at radius 1 is 0.377 bits per heavy atom. The zero-order valence-electron chi connectivity index (χ0n) is 29.7. The molecular weight excluding hydrogens is 641 g/mol. The minimum atomic E-state index is -0.136. The third-order valence-electron chi connectivity index (χ3n) is 11.1. The summed E-state index contributed by atoms with van der Waals surface area (Å²) >= 11 is 0. The van der Waals surface area contributed by atoms with E-state index in [0.29, 0.717) is 0 Å². The van der Waals surface area contributed by atoms with Crippen molar-refractivity contribution in [3.8, 4) is 67.3 Å². The fraction of sp³-hybridized carbons (Fsp3) is 0.0588. The van der Waals surface area contributed by atoms with Gasteiger partial charge in [-0.15, -0.1) is 0 Å². The van der Waals surface area contributed by atoms with Crippen LogP contribution in [0.25, 0.3) is 88.8 Å². The monoisotopic (exact) mass is 676 g/mol. The summed E-state index contributed by atoms with van der Waals surface area (Å²) < 4.78 is 0. The Labute approximate surface area is 310 Å². The lowest BCUT2D eigenvalue weighted by Crippen LogP contribution is -2.16. The van der Waals surface area contributed by atoms with E-state index in [2.05, 4.69) is 184 Å². The van der Waals surface area contributed by atoms with Gasteiger partial charge in [-0.1, -0.05) is 178 Å². The summed E-state index contributed by atoms with van der Waals surface area (Å²) in [6.45, 7) is 4.76. The van der Waals surface area contributed by atoms with Crippen molar-refractivity contribution < 1.29 is 0 Å². The summed E-state index contributed by atoms with van der Waals surface area (Å²) in [6, 6.07) is 65.3. The first-order valence-electron chi connectivity index (χ1n) is 18.3. The summed E-state index contributed by atoms with van der Waals surface area (Å²) in [7, 11) is 0. The lowest BCUT2D eigenvalue weighted by molar-refractivity contribution is 0.662. The Hall–Kier alpha value is -6.64. The molecule has 250 valence electrons. The van der Waals surface area contributed by atoms with Crippen LogP contribution in [0, 0.1) is 0 Å². The number of rotatable bonds is 5. The van der Waals surface area contributed by atoms with Crippen LogP contribution in [0.2, 0.25) is 0 Å². The van der Waals surface area contributed by atoms with Crippen LogP contribution >= 0.6 is 0 Å². The van der Waals surface area contributed by atoms with E-state index in [4.69, 9.17) is 9.97 Å². The van der Waals surface area contributed by atoms with Gasteiger partial charge in [-0.2, -0.15) is 0 Å². The SMILES string of the molecule is CC1(C)c2ccc3ccccc3c2-c2cccc(-c3cccc(-c4ccc(-c5nc(-c6ccccc6)cc(-c6ccccc6)n5)c5ccccc45)c3)c21. The second kappa shape index (κ2) is 12.3. The predicted molar refractivity (Wildman–Crippen MR) is 222 cm³/mol. The number of nitrogens with zero attached hydrogens (tertiary/aromatic N) is 2. The van der Waals surface area contributed by atoms with E-state index in [9.17, 15) is 0 Å². The molecule has 2 nitrogen and oxygen atoms in total. The van der Waals surface area contributed by atoms with Crippen LogP contribution in [0.15, 0.2) is 182 Å². The highest BCUT2D eigenvalue weighted by Crippen LogP contribution is 2.54. The van der Waals surface area contributed by atoms with Gasteiger partial charge >= 0.3 is 0 Å². The zero-order chi connectivity index (χ0) is 35.5. The zero-order valence-corrected chi connectivity index (χ0v) is 29.7. The number of hydrogen-bond donors (Lipinski definition) is 0. The maximum absolute atomic E-state index is 5.18. The number of aromatic nitrogens is 2. The molecule has 8 aromatic carbocycles. The minimum absolute atomic E-state index is 0.136. The van der Waals surface area contributed by atoms with Crippen LogP contribution in [0.1, 0.15) is 25.0 Å². The van der Waals surface area contributed by atoms with Crippen LogP contribution < -0.4 is 0 Å². The first-order valence-corrected chi connectivity index (χ1v) is 18.3. The van der Waals surface area contributed by atoms with Crippen molar-refractivity contribution in [2.75, 3.05) is 0 Å². The molecule has 10 rings (SSSR count). The highest BCUT2D eigenvalue weighted by atomic mass is 14.9. The number of fused-ring (bicyclic) bond motifs is 6. The van der Waals surface area contributed by atoms with E-state index < -0.39 is 0 Å². The van der Waals surface area contributed by atoms with Crippen LogP contribution in [-0.4, -0.2) is 9.97 Å². The molecular formula is C51H36N2. The lowest BCUT2D eigenvalue weighted by atomic mass is 9.78. The second-order valence-electron chi connectivity index (χ2n) is 14.5. The molecule has 0 amide bonds. The summed E-state index contributed by atoms with van der Waals surface area (Å²) in [5, 5.41) is 4.91. The molecule has 1 aliphatic carbocycles. The Balaban J connectivity index is 1.11. The highest BCUT2D eigenvalue weighted by molar-refractivity contribution is 6.06. The van der Waals surface area contributed by atoms with Crippen LogP contribution in [-0.2, 0) is 5.41 Å². The van der Waals surface area contributed by atoms with Crippen molar-refractivity contribution in [2.24, 2.45) is 0 Å². The molecule has 1 heterocycles. The van der Waals surface area contributed by atoms with Gasteiger partial charge in [0.05, 0.1) is 11.4 Å². The number of benzene rings is 8. The van der Waals surface area contributed by atoms with Crippen LogP contribution in [0.3, 0.4) is 0 Å². The van der Waals surface area contributed by atoms with Crippen molar-refractivity contribution in [3.05, 3.63) is 193 Å². The second-order valence-corrected chi connectivity index (χ2v) is 14.5. The third kappa shape index (κ3) is 5.10. The molecule has 0 saturated carbocycles. The molecule has 2 heteroatoms. The quantitative estimate of drug-likeness (QED) is 0.181. The minimum Gasteiger partial charge on any atom is -0.228 e. The van der Waals surface area contributed by atoms with Gasteiger partial charge in [0, 0.05) is 22.1 Å². The van der Waals surface area contributed by atoms with Crippen molar-refractivity contribution in [1.82, 2.24) is 9.97 Å². The molecule has 0 spiro atoms. The van der Waals surface area contributed by atoms with Gasteiger partial charge in [0.25, 0.3) is 0 Å². The van der Waals surface area contributed by atoms with Gasteiger partial charge in [-0.05, 0) is 84.3 Å². The fourth-order valence-electron chi connectivity index (χ4n) is 8.57. The van der Waals surface area contributed by atoms with Crippen LogP contribution in [0.4, 0.5) is 0 Å². The summed E-state index contributed by atoms with van der Waals surface area (Å²) in [5.41, 5.74) is 15.2. The molecule has 1 aromatic heterocycles. The van der Waals surface area contributed by atoms with Gasteiger partial charge in [0.1, 0.15) is 0 Å². The largest absolute Gasteiger partial charge is 0.228 e. The van der Waals surface area contributed by atoms with Crippen molar-refractivity contribution in [2.45, 2.75) is 19.3 Å². The Bertz CT molecular complexity index is 2790. The first-order chi connectivity index (χ1) is 26.0. The highest BCUT2D eigenvalue weighted by Gasteiger charge is 2.38. The van der Waals surface area contributed by atoms with E-state index in [1.54, 1.807) is 0 Å². The average molecular weight is 677 g/mol. The Morgan fingerprint density at radius 2 is 0.906 bits per heavy atom. The van der Waals surface area contributed by atoms with Gasteiger partial charge < -0.3 is 0 Å². The van der Waals surface area contributed by atoms with Crippen molar-refractivity contribution >= 4 is 21.5 Å². The summed E-state index contributed by atoms with van der Waals surface area (Å²) in [6.07, 6.45) is 0. The summed E-state index contributed by atoms with van der Waals surface area (Å²) in [4.78, 5) is 10.4. The molecule has 53 heavy (non-hydrogen) atoms. The Kier molecular flexibility index (Phi) is 7.19. The standard InChI is InChI=1S/C51H36N2/c1-51(2)45-30-27-33-15-9-10-22-39(33)48(45)44-26-14-25-40(49(44)51)37-21-13-20-36(31-37)38-28-29-43(42-24-12-11-23-41(38)42)50-52-46(34-16-5-3-6-17-34)32-47(53-50)35-18-7-4-8-19-35/h3-32H,1-2H3. The molecule has 1 aliphatic rings. The molecule has 0 unspecified atom stereocenters. The maximum atomic E-state index is 5.18. The van der Waals surface area contributed by atoms with E-state index in [1.807, 2.05) is 12.1 Å². The molecule has 0 N–H and O–H groups in total. The van der Waals surface area contributed by atoms with E-state index >= 15 is 0 Å². The topological polar surface area (TPSA) is 25.8 Å². The van der Waals surface area contributed by atoms with Crippen LogP contribution in [0.5, 0.6) is 0 Å². The molecule has 0 fully saturated rings. The third-order valence-corrected chi connectivity index (χ3v) is 11.1. The lowest BCUT2D eigenvalue weighted by Gasteiger charge is -2.25. The average Bonchev–Trinajstić information content (AvgIpc) is 3.47. The Morgan fingerprint density at radius 3 is 1.60 bits per heavy atom.